The Bertz CT molecular complexity index is 677. The molecule has 0 spiro atoms. The van der Waals surface area contributed by atoms with E-state index in [-0.39, 0.29) is 0 Å². The molecule has 0 atom stereocenters. The first-order valence-corrected chi connectivity index (χ1v) is 6.87. The molecule has 110 valence electrons. The van der Waals surface area contributed by atoms with Crippen molar-refractivity contribution in [2.75, 3.05) is 12.4 Å². The Labute approximate surface area is 125 Å². The van der Waals surface area contributed by atoms with Crippen molar-refractivity contribution in [1.29, 1.82) is 0 Å². The Morgan fingerprint density at radius 2 is 1.86 bits per heavy atom. The Hall–Kier alpha value is -2.17. The molecule has 0 radical (unpaired) electrons. The normalized spacial score (nSPS) is 11.2. The van der Waals surface area contributed by atoms with Crippen molar-refractivity contribution in [3.8, 4) is 5.75 Å². The van der Waals surface area contributed by atoms with Gasteiger partial charge >= 0.3 is 6.09 Å². The first-order chi connectivity index (χ1) is 9.80. The van der Waals surface area contributed by atoms with Crippen LogP contribution in [0.25, 0.3) is 10.8 Å². The molecule has 21 heavy (non-hydrogen) atoms. The van der Waals surface area contributed by atoms with Crippen molar-refractivity contribution >= 4 is 35.9 Å². The molecule has 1 amide bonds. The van der Waals surface area contributed by atoms with E-state index in [1.807, 2.05) is 58.9 Å². The SMILES string of the molecule is Bc1ccc(NC(=O)OC(C)(C)C)c2cc(OC)ccc12. The molecule has 2 aromatic rings. The lowest BCUT2D eigenvalue weighted by molar-refractivity contribution is 0.0636. The Balaban J connectivity index is 2.39. The highest BCUT2D eigenvalue weighted by atomic mass is 16.6. The van der Waals surface area contributed by atoms with Crippen LogP contribution in [-0.4, -0.2) is 26.7 Å². The molecule has 5 heteroatoms. The third-order valence-corrected chi connectivity index (χ3v) is 3.08. The van der Waals surface area contributed by atoms with Crippen LogP contribution >= 0.6 is 0 Å². The minimum atomic E-state index is -0.526. The lowest BCUT2D eigenvalue weighted by Gasteiger charge is -2.20. The van der Waals surface area contributed by atoms with E-state index in [2.05, 4.69) is 5.32 Å². The largest absolute Gasteiger partial charge is 0.497 e. The zero-order valence-corrected chi connectivity index (χ0v) is 13.1. The summed E-state index contributed by atoms with van der Waals surface area (Å²) >= 11 is 0. The molecule has 0 saturated heterocycles. The van der Waals surface area contributed by atoms with Crippen molar-refractivity contribution in [3.05, 3.63) is 30.3 Å². The molecule has 0 aromatic heterocycles. The summed E-state index contributed by atoms with van der Waals surface area (Å²) in [7, 11) is 3.66. The molecule has 1 N–H and O–H groups in total. The van der Waals surface area contributed by atoms with Crippen molar-refractivity contribution in [2.45, 2.75) is 26.4 Å². The van der Waals surface area contributed by atoms with Crippen molar-refractivity contribution in [1.82, 2.24) is 0 Å². The smallest absolute Gasteiger partial charge is 0.412 e. The summed E-state index contributed by atoms with van der Waals surface area (Å²) in [6, 6.07) is 9.66. The molecular formula is C16H20BNO3. The van der Waals surface area contributed by atoms with Crippen LogP contribution in [-0.2, 0) is 4.74 Å². The third-order valence-electron chi connectivity index (χ3n) is 3.08. The summed E-state index contributed by atoms with van der Waals surface area (Å²) in [6.45, 7) is 5.51. The fourth-order valence-electron chi connectivity index (χ4n) is 2.13. The van der Waals surface area contributed by atoms with Crippen LogP contribution in [0.1, 0.15) is 20.8 Å². The second kappa shape index (κ2) is 5.68. The van der Waals surface area contributed by atoms with Gasteiger partial charge in [0.1, 0.15) is 19.2 Å². The van der Waals surface area contributed by atoms with Gasteiger partial charge in [0.15, 0.2) is 0 Å². The third kappa shape index (κ3) is 3.69. The van der Waals surface area contributed by atoms with Gasteiger partial charge in [-0.25, -0.2) is 4.79 Å². The molecule has 0 bridgehead atoms. The molecule has 0 aliphatic rings. The number of hydrogen-bond donors (Lipinski definition) is 1. The number of benzene rings is 2. The van der Waals surface area contributed by atoms with E-state index in [9.17, 15) is 4.79 Å². The number of carbonyl (C=O) groups excluding carboxylic acids is 1. The van der Waals surface area contributed by atoms with Gasteiger partial charge in [-0.05, 0) is 44.4 Å². The number of nitrogens with one attached hydrogen (secondary N) is 1. The maximum absolute atomic E-state index is 11.9. The molecule has 2 rings (SSSR count). The minimum Gasteiger partial charge on any atom is -0.497 e. The zero-order chi connectivity index (χ0) is 15.6. The van der Waals surface area contributed by atoms with Gasteiger partial charge in [-0.3, -0.25) is 5.32 Å². The number of anilines is 1. The zero-order valence-electron chi connectivity index (χ0n) is 13.1. The highest BCUT2D eigenvalue weighted by Crippen LogP contribution is 2.26. The predicted molar refractivity (Wildman–Crippen MR) is 88.5 cm³/mol. The van der Waals surface area contributed by atoms with Gasteiger partial charge in [-0.1, -0.05) is 17.6 Å². The van der Waals surface area contributed by atoms with Gasteiger partial charge in [0.05, 0.1) is 12.8 Å². The van der Waals surface area contributed by atoms with Gasteiger partial charge in [0, 0.05) is 5.39 Å². The summed E-state index contributed by atoms with van der Waals surface area (Å²) < 4.78 is 10.6. The monoisotopic (exact) mass is 285 g/mol. The van der Waals surface area contributed by atoms with Crippen LogP contribution in [0.15, 0.2) is 30.3 Å². The second-order valence-corrected chi connectivity index (χ2v) is 5.97. The molecule has 0 heterocycles. The van der Waals surface area contributed by atoms with E-state index in [0.717, 1.165) is 22.0 Å². The standard InChI is InChI=1S/C16H20BNO3/c1-16(2,3)21-15(19)18-14-8-7-13(17)11-6-5-10(20-4)9-12(11)14/h5-9H,17H2,1-4H3,(H,18,19). The van der Waals surface area contributed by atoms with Crippen molar-refractivity contribution < 1.29 is 14.3 Å². The first-order valence-electron chi connectivity index (χ1n) is 6.87. The predicted octanol–water partition coefficient (Wildman–Crippen LogP) is 2.45. The maximum atomic E-state index is 11.9. The van der Waals surface area contributed by atoms with E-state index in [1.54, 1.807) is 7.11 Å². The van der Waals surface area contributed by atoms with Crippen LogP contribution in [0.2, 0.25) is 0 Å². The van der Waals surface area contributed by atoms with Crippen LogP contribution < -0.4 is 15.5 Å². The highest BCUT2D eigenvalue weighted by molar-refractivity contribution is 6.39. The molecule has 0 aliphatic carbocycles. The molecule has 4 nitrogen and oxygen atoms in total. The number of ether oxygens (including phenoxy) is 2. The Kier molecular flexibility index (Phi) is 4.12. The van der Waals surface area contributed by atoms with Gasteiger partial charge < -0.3 is 9.47 Å². The van der Waals surface area contributed by atoms with E-state index in [1.165, 1.54) is 0 Å². The summed E-state index contributed by atoms with van der Waals surface area (Å²) in [5, 5.41) is 4.81. The summed E-state index contributed by atoms with van der Waals surface area (Å²) in [6.07, 6.45) is -0.463. The van der Waals surface area contributed by atoms with Crippen molar-refractivity contribution in [3.63, 3.8) is 0 Å². The van der Waals surface area contributed by atoms with Gasteiger partial charge in [0.2, 0.25) is 0 Å². The number of methoxy groups -OCH3 is 1. The summed E-state index contributed by atoms with van der Waals surface area (Å²) in [5.74, 6) is 0.750. The first kappa shape index (κ1) is 15.2. The summed E-state index contributed by atoms with van der Waals surface area (Å²) in [4.78, 5) is 11.9. The van der Waals surface area contributed by atoms with E-state index in [4.69, 9.17) is 9.47 Å². The van der Waals surface area contributed by atoms with Gasteiger partial charge in [-0.15, -0.1) is 0 Å². The van der Waals surface area contributed by atoms with Gasteiger partial charge in [-0.2, -0.15) is 0 Å². The van der Waals surface area contributed by atoms with E-state index < -0.39 is 11.7 Å². The van der Waals surface area contributed by atoms with Crippen LogP contribution in [0, 0.1) is 0 Å². The number of amides is 1. The Morgan fingerprint density at radius 1 is 1.14 bits per heavy atom. The highest BCUT2D eigenvalue weighted by Gasteiger charge is 2.17. The van der Waals surface area contributed by atoms with Crippen LogP contribution in [0.5, 0.6) is 5.75 Å². The van der Waals surface area contributed by atoms with Gasteiger partial charge in [0.25, 0.3) is 0 Å². The van der Waals surface area contributed by atoms with Crippen LogP contribution in [0.3, 0.4) is 0 Å². The number of carbonyl (C=O) groups is 1. The molecular weight excluding hydrogens is 265 g/mol. The number of hydrogen-bond acceptors (Lipinski definition) is 3. The number of fused-ring (bicyclic) bond motifs is 1. The van der Waals surface area contributed by atoms with E-state index in [0.29, 0.717) is 5.69 Å². The minimum absolute atomic E-state index is 0.463. The second-order valence-electron chi connectivity index (χ2n) is 5.97. The van der Waals surface area contributed by atoms with Crippen LogP contribution in [0.4, 0.5) is 10.5 Å². The lowest BCUT2D eigenvalue weighted by atomic mass is 9.89. The Morgan fingerprint density at radius 3 is 2.48 bits per heavy atom. The molecule has 2 aromatic carbocycles. The quantitative estimate of drug-likeness (QED) is 0.862. The fourth-order valence-corrected chi connectivity index (χ4v) is 2.13. The molecule has 0 unspecified atom stereocenters. The fraction of sp³-hybridized carbons (Fsp3) is 0.312. The van der Waals surface area contributed by atoms with E-state index >= 15 is 0 Å². The molecule has 0 saturated carbocycles. The molecule has 0 aliphatic heterocycles. The lowest BCUT2D eigenvalue weighted by Crippen LogP contribution is -2.27. The molecule has 0 fully saturated rings. The average molecular weight is 285 g/mol. The summed E-state index contributed by atoms with van der Waals surface area (Å²) in [5.41, 5.74) is 1.33. The average Bonchev–Trinajstić information content (AvgIpc) is 2.39. The topological polar surface area (TPSA) is 47.6 Å². The number of rotatable bonds is 2. The van der Waals surface area contributed by atoms with Crippen molar-refractivity contribution in [2.24, 2.45) is 0 Å². The maximum Gasteiger partial charge on any atom is 0.412 e.